The molecule has 0 bridgehead atoms. The van der Waals surface area contributed by atoms with Crippen LogP contribution in [0.4, 0.5) is 5.13 Å². The third kappa shape index (κ3) is 7.69. The number of nitrogens with one attached hydrogen (secondary N) is 2. The molecule has 4 aromatic rings. The molecule has 8 rings (SSSR count). The fraction of sp³-hybridized carbons (Fsp3) is 0.256. The number of anilines is 1. The number of nitrogens with two attached hydrogens (primary N) is 1. The molecule has 4 aliphatic heterocycles. The van der Waals surface area contributed by atoms with Crippen molar-refractivity contribution in [2.24, 2.45) is 5.16 Å². The highest BCUT2D eigenvalue weighted by atomic mass is 32.2. The zero-order valence-corrected chi connectivity index (χ0v) is 34.2. The number of likely N-dealkylation sites (tertiary alicyclic amines) is 1. The summed E-state index contributed by atoms with van der Waals surface area (Å²) in [6, 6.07) is 26.7. The zero-order valence-electron chi connectivity index (χ0n) is 32.6. The molecule has 0 spiro atoms. The number of hydrogen-bond acceptors (Lipinski definition) is 14. The third-order valence-electron chi connectivity index (χ3n) is 10.9. The van der Waals surface area contributed by atoms with Gasteiger partial charge in [0.1, 0.15) is 23.7 Å². The van der Waals surface area contributed by atoms with Crippen LogP contribution in [0.3, 0.4) is 0 Å². The van der Waals surface area contributed by atoms with Gasteiger partial charge in [-0.25, -0.2) is 9.59 Å². The zero-order chi connectivity index (χ0) is 42.7. The van der Waals surface area contributed by atoms with E-state index in [1.165, 1.54) is 6.08 Å². The number of aliphatic carboxylic acids is 1. The van der Waals surface area contributed by atoms with Crippen LogP contribution in [-0.4, -0.2) is 109 Å². The Kier molecular flexibility index (Phi) is 11.8. The topological polar surface area (TPSA) is 219 Å². The number of fused-ring (bicyclic) bond motifs is 1. The predicted octanol–water partition coefficient (Wildman–Crippen LogP) is 3.19. The van der Waals surface area contributed by atoms with Crippen LogP contribution in [0.1, 0.15) is 35.4 Å². The molecule has 16 nitrogen and oxygen atoms in total. The van der Waals surface area contributed by atoms with Crippen molar-refractivity contribution in [2.45, 2.75) is 35.9 Å². The highest BCUT2D eigenvalue weighted by Gasteiger charge is 2.56. The summed E-state index contributed by atoms with van der Waals surface area (Å²) in [5.41, 5.74) is 5.72. The van der Waals surface area contributed by atoms with Gasteiger partial charge in [-0.1, -0.05) is 109 Å². The van der Waals surface area contributed by atoms with Crippen LogP contribution in [0.5, 0.6) is 0 Å². The Morgan fingerprint density at radius 3 is 2.20 bits per heavy atom. The molecule has 312 valence electrons. The average Bonchev–Trinajstić information content (AvgIpc) is 4.06. The summed E-state index contributed by atoms with van der Waals surface area (Å²) in [4.78, 5) is 82.5. The fourth-order valence-electron chi connectivity index (χ4n) is 8.06. The van der Waals surface area contributed by atoms with E-state index in [0.717, 1.165) is 41.2 Å². The summed E-state index contributed by atoms with van der Waals surface area (Å²) in [6.45, 7) is 5.10. The number of carboxylic acids is 1. The number of rotatable bonds is 14. The average molecular weight is 861 g/mol. The number of benzene rings is 3. The summed E-state index contributed by atoms with van der Waals surface area (Å²) >= 11 is 1.96. The summed E-state index contributed by atoms with van der Waals surface area (Å²) in [6.07, 6.45) is 2.29. The van der Waals surface area contributed by atoms with Crippen molar-refractivity contribution in [1.82, 2.24) is 29.8 Å². The molecule has 0 radical (unpaired) electrons. The number of esters is 1. The minimum Gasteiger partial charge on any atom is -0.477 e. The molecule has 0 aliphatic carbocycles. The van der Waals surface area contributed by atoms with Gasteiger partial charge >= 0.3 is 11.9 Å². The summed E-state index contributed by atoms with van der Waals surface area (Å²) in [5.74, 6) is -4.68. The second-order valence-corrected chi connectivity index (χ2v) is 16.3. The van der Waals surface area contributed by atoms with Crippen LogP contribution < -0.4 is 16.4 Å². The largest absolute Gasteiger partial charge is 0.477 e. The maximum atomic E-state index is 14.4. The first-order valence-electron chi connectivity index (χ1n) is 19.4. The number of nitrogens with zero attached hydrogens (tertiary/aromatic N) is 5. The molecule has 0 saturated carbocycles. The monoisotopic (exact) mass is 860 g/mol. The van der Waals surface area contributed by atoms with Gasteiger partial charge in [0.25, 0.3) is 17.7 Å². The molecule has 3 atom stereocenters. The lowest BCUT2D eigenvalue weighted by atomic mass is 9.80. The van der Waals surface area contributed by atoms with Gasteiger partial charge in [0.15, 0.2) is 5.13 Å². The number of amides is 3. The van der Waals surface area contributed by atoms with Gasteiger partial charge in [-0.2, -0.15) is 9.36 Å². The van der Waals surface area contributed by atoms with E-state index in [4.69, 9.17) is 15.3 Å². The second-order valence-electron chi connectivity index (χ2n) is 14.4. The molecule has 3 aromatic carbocycles. The number of β-lactam (4-membered cyclic amide) rings is 1. The van der Waals surface area contributed by atoms with Crippen molar-refractivity contribution in [3.05, 3.63) is 149 Å². The van der Waals surface area contributed by atoms with Crippen molar-refractivity contribution in [2.75, 3.05) is 37.7 Å². The standard InChI is InChI=1S/C43H40N8O8S2/c1-2-22-58-41(57)31(29-19-21-50(37(29)53)28-18-20-45-23-28)30-24-60-39-33(38(54)51(39)34(30)40(55)56)46-36(52)32(35-47-42(44)61-49-35)48-59-43(25-12-6-3-7-13-25,26-14-8-4-9-15-26)27-16-10-5-11-17-27/h2-17,28,33,39,45H,1,18-24H2,(H,46,52)(H,55,56)(H2,44,47,49)/b31-29+,48-32-/t28-,33-,39-/m1/s1. The Labute approximate surface area is 358 Å². The smallest absolute Gasteiger partial charge is 0.352 e. The van der Waals surface area contributed by atoms with Gasteiger partial charge in [0.05, 0.1) is 5.57 Å². The molecule has 61 heavy (non-hydrogen) atoms. The number of oxime groups is 1. The van der Waals surface area contributed by atoms with Crippen LogP contribution in [0.15, 0.2) is 131 Å². The minimum absolute atomic E-state index is 0.0208. The summed E-state index contributed by atoms with van der Waals surface area (Å²) < 4.78 is 9.64. The first-order chi connectivity index (χ1) is 29.6. The van der Waals surface area contributed by atoms with Crippen LogP contribution in [-0.2, 0) is 39.1 Å². The first kappa shape index (κ1) is 41.1. The minimum atomic E-state index is -1.49. The fourth-order valence-corrected chi connectivity index (χ4v) is 9.85. The SMILES string of the molecule is C=CCOC(=O)/C(C1=C(C(=O)O)N2C(=O)[C@@H](NC(=O)/C(=N\OC(c3ccccc3)(c3ccccc3)c3ccccc3)c3nsc(N)n3)[C@H]2SC1)=C1\CCN([C@@H]2CCNC2)C1=O. The number of carboxylic acid groups (broad SMARTS) is 1. The van der Waals surface area contributed by atoms with Gasteiger partial charge < -0.3 is 35.9 Å². The Morgan fingerprint density at radius 2 is 1.66 bits per heavy atom. The third-order valence-corrected chi connectivity index (χ3v) is 12.7. The second kappa shape index (κ2) is 17.5. The van der Waals surface area contributed by atoms with Crippen LogP contribution in [0.2, 0.25) is 0 Å². The Bertz CT molecular complexity index is 2370. The van der Waals surface area contributed by atoms with Crippen molar-refractivity contribution < 1.29 is 38.7 Å². The van der Waals surface area contributed by atoms with Crippen LogP contribution in [0, 0.1) is 0 Å². The molecule has 5 N–H and O–H groups in total. The molecular weight excluding hydrogens is 821 g/mol. The van der Waals surface area contributed by atoms with Crippen molar-refractivity contribution in [1.29, 1.82) is 0 Å². The lowest BCUT2D eigenvalue weighted by molar-refractivity contribution is -0.150. The number of aromatic nitrogens is 2. The van der Waals surface area contributed by atoms with E-state index >= 15 is 0 Å². The maximum absolute atomic E-state index is 14.4. The van der Waals surface area contributed by atoms with Crippen molar-refractivity contribution >= 4 is 63.8 Å². The number of carbonyl (C=O) groups is 5. The number of nitrogen functional groups attached to an aromatic ring is 1. The van der Waals surface area contributed by atoms with E-state index in [2.05, 4.69) is 31.7 Å². The van der Waals surface area contributed by atoms with Crippen molar-refractivity contribution in [3.8, 4) is 0 Å². The number of hydrogen-bond donors (Lipinski definition) is 4. The summed E-state index contributed by atoms with van der Waals surface area (Å²) in [5, 5.41) is 20.2. The van der Waals surface area contributed by atoms with Crippen LogP contribution >= 0.6 is 23.3 Å². The van der Waals surface area contributed by atoms with Crippen molar-refractivity contribution in [3.63, 3.8) is 0 Å². The molecule has 18 heteroatoms. The van der Waals surface area contributed by atoms with Gasteiger partial charge in [0, 0.05) is 64.3 Å². The number of ether oxygens (including phenoxy) is 1. The van der Waals surface area contributed by atoms with E-state index in [1.54, 1.807) is 4.90 Å². The van der Waals surface area contributed by atoms with E-state index in [-0.39, 0.29) is 64.1 Å². The van der Waals surface area contributed by atoms with E-state index in [1.807, 2.05) is 91.0 Å². The highest BCUT2D eigenvalue weighted by molar-refractivity contribution is 8.00. The van der Waals surface area contributed by atoms with Gasteiger partial charge in [-0.05, 0) is 19.4 Å². The molecule has 0 unspecified atom stereocenters. The molecule has 3 fully saturated rings. The summed E-state index contributed by atoms with van der Waals surface area (Å²) in [7, 11) is 0. The number of thioether (sulfide) groups is 1. The lowest BCUT2D eigenvalue weighted by Gasteiger charge is -2.49. The Morgan fingerprint density at radius 1 is 1.02 bits per heavy atom. The molecule has 1 aromatic heterocycles. The molecule has 3 saturated heterocycles. The molecular formula is C43H40N8O8S2. The first-order valence-corrected chi connectivity index (χ1v) is 21.2. The molecule has 3 amide bonds. The van der Waals surface area contributed by atoms with Crippen LogP contribution in [0.25, 0.3) is 0 Å². The van der Waals surface area contributed by atoms with Gasteiger partial charge in [-0.15, -0.1) is 11.8 Å². The van der Waals surface area contributed by atoms with Gasteiger partial charge in [-0.3, -0.25) is 19.3 Å². The van der Waals surface area contributed by atoms with E-state index < -0.39 is 46.5 Å². The lowest BCUT2D eigenvalue weighted by Crippen LogP contribution is -2.71. The quantitative estimate of drug-likeness (QED) is 0.0273. The van der Waals surface area contributed by atoms with E-state index in [0.29, 0.717) is 29.8 Å². The van der Waals surface area contributed by atoms with E-state index in [9.17, 15) is 29.1 Å². The predicted molar refractivity (Wildman–Crippen MR) is 227 cm³/mol. The van der Waals surface area contributed by atoms with Gasteiger partial charge in [0.2, 0.25) is 17.1 Å². The Balaban J connectivity index is 1.13. The Hall–Kier alpha value is -6.63. The molecule has 4 aliphatic rings. The maximum Gasteiger partial charge on any atom is 0.352 e. The normalized spacial score (nSPS) is 21.1. The molecule has 5 heterocycles. The number of carbonyl (C=O) groups excluding carboxylic acids is 4. The highest BCUT2D eigenvalue weighted by Crippen LogP contribution is 2.45.